The van der Waals surface area contributed by atoms with Gasteiger partial charge in [0.05, 0.1) is 12.8 Å². The molecule has 0 radical (unpaired) electrons. The van der Waals surface area contributed by atoms with E-state index >= 15 is 0 Å². The predicted octanol–water partition coefficient (Wildman–Crippen LogP) is 6.61. The van der Waals surface area contributed by atoms with Crippen molar-refractivity contribution in [2.45, 2.75) is 13.2 Å². The van der Waals surface area contributed by atoms with Gasteiger partial charge in [0.15, 0.2) is 0 Å². The average Bonchev–Trinajstić information content (AvgIpc) is 2.86. The molecule has 2 N–H and O–H groups in total. The maximum atomic E-state index is 6.08. The second kappa shape index (κ2) is 10.9. The molecule has 4 rings (SSSR count). The highest BCUT2D eigenvalue weighted by Crippen LogP contribution is 2.27. The smallest absolute Gasteiger partial charge is 0.141 e. The largest absolute Gasteiger partial charge is 0.495 e. The summed E-state index contributed by atoms with van der Waals surface area (Å²) in [5, 5.41) is 0. The van der Waals surface area contributed by atoms with E-state index in [0.29, 0.717) is 24.7 Å². The molecule has 0 saturated heterocycles. The van der Waals surface area contributed by atoms with Crippen LogP contribution in [-0.2, 0) is 13.2 Å². The van der Waals surface area contributed by atoms with E-state index in [2.05, 4.69) is 0 Å². The first-order chi connectivity index (χ1) is 16.2. The highest BCUT2D eigenvalue weighted by Gasteiger charge is 2.05. The number of hydrogen-bond donors (Lipinski definition) is 1. The van der Waals surface area contributed by atoms with Gasteiger partial charge in [-0.15, -0.1) is 0 Å². The maximum Gasteiger partial charge on any atom is 0.141 e. The van der Waals surface area contributed by atoms with Gasteiger partial charge in [0, 0.05) is 6.07 Å². The highest BCUT2D eigenvalue weighted by atomic mass is 16.5. The molecule has 0 aromatic heterocycles. The number of hydrogen-bond acceptors (Lipinski definition) is 4. The second-order valence-electron chi connectivity index (χ2n) is 7.62. The zero-order valence-electron chi connectivity index (χ0n) is 18.6. The van der Waals surface area contributed by atoms with E-state index < -0.39 is 0 Å². The minimum Gasteiger partial charge on any atom is -0.495 e. The Kier molecular flexibility index (Phi) is 7.29. The zero-order valence-corrected chi connectivity index (χ0v) is 18.6. The van der Waals surface area contributed by atoms with E-state index in [9.17, 15) is 0 Å². The normalized spacial score (nSPS) is 10.8. The highest BCUT2D eigenvalue weighted by molar-refractivity contribution is 5.73. The topological polar surface area (TPSA) is 53.7 Å². The Morgan fingerprint density at radius 3 is 1.70 bits per heavy atom. The Labute approximate surface area is 194 Å². The van der Waals surface area contributed by atoms with Gasteiger partial charge in [0.1, 0.15) is 30.5 Å². The molecule has 0 fully saturated rings. The van der Waals surface area contributed by atoms with Gasteiger partial charge in [-0.2, -0.15) is 0 Å². The summed E-state index contributed by atoms with van der Waals surface area (Å²) in [5.74, 6) is 2.16. The SMILES string of the molecule is COc1ccc(/C=C\c2cc(OCc3ccccc3)cc(OCc3ccccc3)c2)cc1N. The fourth-order valence-corrected chi connectivity index (χ4v) is 3.39. The van der Waals surface area contributed by atoms with Crippen LogP contribution in [0.2, 0.25) is 0 Å². The van der Waals surface area contributed by atoms with E-state index in [4.69, 9.17) is 19.9 Å². The summed E-state index contributed by atoms with van der Waals surface area (Å²) in [7, 11) is 1.61. The van der Waals surface area contributed by atoms with Gasteiger partial charge in [-0.1, -0.05) is 78.9 Å². The molecule has 33 heavy (non-hydrogen) atoms. The van der Waals surface area contributed by atoms with Gasteiger partial charge in [0.25, 0.3) is 0 Å². The first kappa shape index (κ1) is 22.0. The van der Waals surface area contributed by atoms with Crippen LogP contribution in [0.15, 0.2) is 97.1 Å². The minimum atomic E-state index is 0.487. The molecule has 4 aromatic rings. The van der Waals surface area contributed by atoms with Crippen LogP contribution >= 0.6 is 0 Å². The van der Waals surface area contributed by atoms with Crippen LogP contribution in [-0.4, -0.2) is 7.11 Å². The molecule has 0 bridgehead atoms. The molecule has 0 amide bonds. The Bertz CT molecular complexity index is 1140. The van der Waals surface area contributed by atoms with Crippen LogP contribution in [0.3, 0.4) is 0 Å². The first-order valence-corrected chi connectivity index (χ1v) is 10.8. The molecule has 0 saturated carbocycles. The molecule has 0 unspecified atom stereocenters. The van der Waals surface area contributed by atoms with Crippen molar-refractivity contribution in [3.63, 3.8) is 0 Å². The molecule has 0 spiro atoms. The van der Waals surface area contributed by atoms with Crippen molar-refractivity contribution in [2.24, 2.45) is 0 Å². The lowest BCUT2D eigenvalue weighted by Gasteiger charge is -2.12. The van der Waals surface area contributed by atoms with Crippen molar-refractivity contribution >= 4 is 17.8 Å². The van der Waals surface area contributed by atoms with Gasteiger partial charge >= 0.3 is 0 Å². The van der Waals surface area contributed by atoms with Gasteiger partial charge in [-0.25, -0.2) is 0 Å². The van der Waals surface area contributed by atoms with E-state index in [-0.39, 0.29) is 0 Å². The van der Waals surface area contributed by atoms with Crippen molar-refractivity contribution in [1.82, 2.24) is 0 Å². The van der Waals surface area contributed by atoms with Gasteiger partial charge in [0.2, 0.25) is 0 Å². The second-order valence-corrected chi connectivity index (χ2v) is 7.62. The fraction of sp³-hybridized carbons (Fsp3) is 0.103. The molecule has 0 heterocycles. The maximum absolute atomic E-state index is 6.08. The van der Waals surface area contributed by atoms with E-state index in [1.165, 1.54) is 0 Å². The molecule has 0 atom stereocenters. The third-order valence-electron chi connectivity index (χ3n) is 5.12. The molecule has 4 nitrogen and oxygen atoms in total. The van der Waals surface area contributed by atoms with E-state index in [1.807, 2.05) is 109 Å². The summed E-state index contributed by atoms with van der Waals surface area (Å²) in [5.41, 5.74) is 10.8. The van der Waals surface area contributed by atoms with Crippen LogP contribution in [0.4, 0.5) is 5.69 Å². The molecular formula is C29H27NO3. The van der Waals surface area contributed by atoms with Crippen molar-refractivity contribution in [3.8, 4) is 17.2 Å². The Balaban J connectivity index is 1.55. The van der Waals surface area contributed by atoms with Crippen molar-refractivity contribution in [3.05, 3.63) is 119 Å². The summed E-state index contributed by atoms with van der Waals surface area (Å²) >= 11 is 0. The third-order valence-corrected chi connectivity index (χ3v) is 5.12. The summed E-state index contributed by atoms with van der Waals surface area (Å²) in [6, 6.07) is 31.9. The van der Waals surface area contributed by atoms with Crippen LogP contribution in [0.1, 0.15) is 22.3 Å². The van der Waals surface area contributed by atoms with Crippen LogP contribution in [0.25, 0.3) is 12.2 Å². The number of ether oxygens (including phenoxy) is 3. The van der Waals surface area contributed by atoms with Crippen LogP contribution < -0.4 is 19.9 Å². The van der Waals surface area contributed by atoms with Crippen LogP contribution in [0.5, 0.6) is 17.2 Å². The molecule has 4 heteroatoms. The summed E-state index contributed by atoms with van der Waals surface area (Å²) in [6.45, 7) is 0.974. The number of rotatable bonds is 9. The summed E-state index contributed by atoms with van der Waals surface area (Å²) in [6.07, 6.45) is 4.03. The number of benzene rings is 4. The molecule has 0 aliphatic rings. The molecule has 0 aliphatic heterocycles. The number of methoxy groups -OCH3 is 1. The quantitative estimate of drug-likeness (QED) is 0.237. The zero-order chi connectivity index (χ0) is 22.9. The van der Waals surface area contributed by atoms with E-state index in [0.717, 1.165) is 33.8 Å². The van der Waals surface area contributed by atoms with Crippen molar-refractivity contribution in [1.29, 1.82) is 0 Å². The number of nitrogens with two attached hydrogens (primary N) is 1. The minimum absolute atomic E-state index is 0.487. The van der Waals surface area contributed by atoms with Gasteiger partial charge < -0.3 is 19.9 Å². The molecule has 166 valence electrons. The molecule has 0 aliphatic carbocycles. The molecular weight excluding hydrogens is 410 g/mol. The average molecular weight is 438 g/mol. The first-order valence-electron chi connectivity index (χ1n) is 10.8. The van der Waals surface area contributed by atoms with Crippen molar-refractivity contribution in [2.75, 3.05) is 12.8 Å². The Hall–Kier alpha value is -4.18. The Morgan fingerprint density at radius 2 is 1.18 bits per heavy atom. The summed E-state index contributed by atoms with van der Waals surface area (Å²) in [4.78, 5) is 0. The number of anilines is 1. The van der Waals surface area contributed by atoms with E-state index in [1.54, 1.807) is 7.11 Å². The van der Waals surface area contributed by atoms with Crippen molar-refractivity contribution < 1.29 is 14.2 Å². The Morgan fingerprint density at radius 1 is 0.636 bits per heavy atom. The third kappa shape index (κ3) is 6.40. The summed E-state index contributed by atoms with van der Waals surface area (Å²) < 4.78 is 17.4. The predicted molar refractivity (Wildman–Crippen MR) is 134 cm³/mol. The van der Waals surface area contributed by atoms with Gasteiger partial charge in [-0.05, 0) is 46.5 Å². The lowest BCUT2D eigenvalue weighted by atomic mass is 10.1. The molecule has 4 aromatic carbocycles. The lowest BCUT2D eigenvalue weighted by Crippen LogP contribution is -1.98. The lowest BCUT2D eigenvalue weighted by molar-refractivity contribution is 0.290. The fourth-order valence-electron chi connectivity index (χ4n) is 3.39. The monoisotopic (exact) mass is 437 g/mol. The van der Waals surface area contributed by atoms with Gasteiger partial charge in [-0.3, -0.25) is 0 Å². The van der Waals surface area contributed by atoms with Crippen LogP contribution in [0, 0.1) is 0 Å². The number of nitrogen functional groups attached to an aromatic ring is 1. The standard InChI is InChI=1S/C29H27NO3/c1-31-29-15-14-22(18-28(29)30)12-13-25-16-26(32-20-23-8-4-2-5-9-23)19-27(17-25)33-21-24-10-6-3-7-11-24/h2-19H,20-21,30H2,1H3/b13-12-.